The maximum atomic E-state index is 12.6. The Labute approximate surface area is 188 Å². The van der Waals surface area contributed by atoms with Gasteiger partial charge in [0.1, 0.15) is 5.82 Å². The second-order valence-corrected chi connectivity index (χ2v) is 8.99. The van der Waals surface area contributed by atoms with Gasteiger partial charge in [-0.05, 0) is 37.5 Å². The van der Waals surface area contributed by atoms with Crippen molar-refractivity contribution in [3.8, 4) is 0 Å². The third kappa shape index (κ3) is 6.41. The Morgan fingerprint density at radius 2 is 1.94 bits per heavy atom. The summed E-state index contributed by atoms with van der Waals surface area (Å²) in [7, 11) is 0. The zero-order valence-electron chi connectivity index (χ0n) is 18.2. The number of benzene rings is 1. The van der Waals surface area contributed by atoms with Crippen LogP contribution in [0.5, 0.6) is 0 Å². The fraction of sp³-hybridized carbons (Fsp3) is 0.522. The molecule has 1 N–H and O–H groups in total. The Kier molecular flexibility index (Phi) is 7.77. The fourth-order valence-electron chi connectivity index (χ4n) is 3.90. The van der Waals surface area contributed by atoms with Gasteiger partial charge in [-0.15, -0.1) is 0 Å². The Morgan fingerprint density at radius 3 is 2.74 bits per heavy atom. The normalized spacial score (nSPS) is 17.1. The van der Waals surface area contributed by atoms with E-state index in [0.717, 1.165) is 73.9 Å². The van der Waals surface area contributed by atoms with Crippen LogP contribution in [0.25, 0.3) is 0 Å². The number of aryl methyl sites for hydroxylation is 1. The number of morpholine rings is 1. The van der Waals surface area contributed by atoms with Crippen molar-refractivity contribution < 1.29 is 9.53 Å². The number of rotatable bonds is 8. The van der Waals surface area contributed by atoms with Crippen molar-refractivity contribution in [3.05, 3.63) is 47.2 Å². The first-order valence-corrected chi connectivity index (χ1v) is 12.1. The average Bonchev–Trinajstić information content (AvgIpc) is 3.33. The molecule has 3 heterocycles. The van der Waals surface area contributed by atoms with Gasteiger partial charge in [0, 0.05) is 62.3 Å². The number of nitrogens with zero attached hydrogens (tertiary/aromatic N) is 4. The van der Waals surface area contributed by atoms with E-state index in [9.17, 15) is 4.79 Å². The minimum absolute atomic E-state index is 0.0248. The molecule has 2 fully saturated rings. The third-order valence-corrected chi connectivity index (χ3v) is 6.54. The molecule has 7 nitrogen and oxygen atoms in total. The van der Waals surface area contributed by atoms with Crippen molar-refractivity contribution in [2.24, 2.45) is 0 Å². The van der Waals surface area contributed by atoms with Gasteiger partial charge in [0.25, 0.3) is 5.91 Å². The highest BCUT2D eigenvalue weighted by Gasteiger charge is 2.16. The van der Waals surface area contributed by atoms with E-state index in [0.29, 0.717) is 12.1 Å². The SMILES string of the molecule is Cc1cc(N2CCCC2)nc(SCc2cccc(C(=O)NCCN3CCOCC3)c2)n1. The van der Waals surface area contributed by atoms with Gasteiger partial charge in [0.05, 0.1) is 13.2 Å². The summed E-state index contributed by atoms with van der Waals surface area (Å²) >= 11 is 1.62. The van der Waals surface area contributed by atoms with Gasteiger partial charge in [-0.3, -0.25) is 9.69 Å². The molecule has 0 unspecified atom stereocenters. The van der Waals surface area contributed by atoms with Crippen molar-refractivity contribution in [2.75, 3.05) is 57.4 Å². The number of carbonyl (C=O) groups is 1. The number of ether oxygens (including phenoxy) is 1. The van der Waals surface area contributed by atoms with E-state index >= 15 is 0 Å². The standard InChI is InChI=1S/C23H31N5O2S/c1-18-15-21(28-8-2-3-9-28)26-23(25-18)31-17-19-5-4-6-20(16-19)22(29)24-7-10-27-11-13-30-14-12-27/h4-6,15-16H,2-3,7-14,17H2,1H3,(H,24,29). The molecule has 0 spiro atoms. The highest BCUT2D eigenvalue weighted by atomic mass is 32.2. The third-order valence-electron chi connectivity index (χ3n) is 5.62. The molecule has 2 aliphatic heterocycles. The molecule has 0 bridgehead atoms. The molecule has 2 saturated heterocycles. The van der Waals surface area contributed by atoms with Crippen LogP contribution in [0.3, 0.4) is 0 Å². The summed E-state index contributed by atoms with van der Waals surface area (Å²) in [5, 5.41) is 3.83. The Balaban J connectivity index is 1.30. The van der Waals surface area contributed by atoms with Crippen LogP contribution in [-0.2, 0) is 10.5 Å². The Hall–Kier alpha value is -2.16. The lowest BCUT2D eigenvalue weighted by Gasteiger charge is -2.26. The first-order valence-electron chi connectivity index (χ1n) is 11.1. The van der Waals surface area contributed by atoms with Crippen LogP contribution < -0.4 is 10.2 Å². The number of hydrogen-bond donors (Lipinski definition) is 1. The fourth-order valence-corrected chi connectivity index (χ4v) is 4.74. The van der Waals surface area contributed by atoms with E-state index in [-0.39, 0.29) is 5.91 Å². The summed E-state index contributed by atoms with van der Waals surface area (Å²) < 4.78 is 5.36. The van der Waals surface area contributed by atoms with Gasteiger partial charge < -0.3 is 15.0 Å². The van der Waals surface area contributed by atoms with E-state index < -0.39 is 0 Å². The lowest BCUT2D eigenvalue weighted by molar-refractivity contribution is 0.0383. The summed E-state index contributed by atoms with van der Waals surface area (Å²) in [6, 6.07) is 9.90. The maximum absolute atomic E-state index is 12.6. The van der Waals surface area contributed by atoms with Gasteiger partial charge >= 0.3 is 0 Å². The highest BCUT2D eigenvalue weighted by molar-refractivity contribution is 7.98. The van der Waals surface area contributed by atoms with Gasteiger partial charge in [-0.1, -0.05) is 23.9 Å². The second-order valence-electron chi connectivity index (χ2n) is 8.04. The molecule has 0 atom stereocenters. The van der Waals surface area contributed by atoms with E-state index in [2.05, 4.69) is 32.2 Å². The minimum atomic E-state index is -0.0248. The molecule has 1 aromatic heterocycles. The lowest BCUT2D eigenvalue weighted by atomic mass is 10.1. The number of hydrogen-bond acceptors (Lipinski definition) is 7. The van der Waals surface area contributed by atoms with Crippen LogP contribution in [0.2, 0.25) is 0 Å². The van der Waals surface area contributed by atoms with Crippen molar-refractivity contribution in [3.63, 3.8) is 0 Å². The molecular formula is C23H31N5O2S. The van der Waals surface area contributed by atoms with Crippen LogP contribution in [0.4, 0.5) is 5.82 Å². The van der Waals surface area contributed by atoms with Crippen LogP contribution in [-0.4, -0.2) is 73.3 Å². The summed E-state index contributed by atoms with van der Waals surface area (Å²) in [5.74, 6) is 1.74. The molecular weight excluding hydrogens is 410 g/mol. The van der Waals surface area contributed by atoms with Gasteiger partial charge in [0.2, 0.25) is 0 Å². The predicted octanol–water partition coefficient (Wildman–Crippen LogP) is 2.74. The van der Waals surface area contributed by atoms with Crippen molar-refractivity contribution in [2.45, 2.75) is 30.7 Å². The smallest absolute Gasteiger partial charge is 0.251 e. The highest BCUT2D eigenvalue weighted by Crippen LogP contribution is 2.25. The minimum Gasteiger partial charge on any atom is -0.379 e. The zero-order chi connectivity index (χ0) is 21.5. The largest absolute Gasteiger partial charge is 0.379 e. The molecule has 0 radical (unpaired) electrons. The Bertz CT molecular complexity index is 882. The predicted molar refractivity (Wildman–Crippen MR) is 124 cm³/mol. The molecule has 0 saturated carbocycles. The summed E-state index contributed by atoms with van der Waals surface area (Å²) in [6.45, 7) is 9.09. The number of aromatic nitrogens is 2. The van der Waals surface area contributed by atoms with E-state index in [1.165, 1.54) is 12.8 Å². The number of carbonyl (C=O) groups excluding carboxylic acids is 1. The number of thioether (sulfide) groups is 1. The van der Waals surface area contributed by atoms with Crippen LogP contribution >= 0.6 is 11.8 Å². The monoisotopic (exact) mass is 441 g/mol. The first kappa shape index (κ1) is 22.0. The molecule has 2 aliphatic rings. The van der Waals surface area contributed by atoms with Gasteiger partial charge in [-0.25, -0.2) is 9.97 Å². The van der Waals surface area contributed by atoms with Crippen molar-refractivity contribution in [1.82, 2.24) is 20.2 Å². The van der Waals surface area contributed by atoms with E-state index in [1.807, 2.05) is 25.1 Å². The van der Waals surface area contributed by atoms with Crippen LogP contribution in [0.15, 0.2) is 35.5 Å². The van der Waals surface area contributed by atoms with Crippen LogP contribution in [0, 0.1) is 6.92 Å². The molecule has 0 aliphatic carbocycles. The molecule has 4 rings (SSSR count). The van der Waals surface area contributed by atoms with Gasteiger partial charge in [0.15, 0.2) is 5.16 Å². The average molecular weight is 442 g/mol. The molecule has 1 aromatic carbocycles. The molecule has 8 heteroatoms. The van der Waals surface area contributed by atoms with E-state index in [4.69, 9.17) is 9.72 Å². The second kappa shape index (κ2) is 10.9. The summed E-state index contributed by atoms with van der Waals surface area (Å²) in [4.78, 5) is 26.6. The zero-order valence-corrected chi connectivity index (χ0v) is 19.0. The van der Waals surface area contributed by atoms with Crippen LogP contribution in [0.1, 0.15) is 34.5 Å². The quantitative estimate of drug-likeness (QED) is 0.499. The summed E-state index contributed by atoms with van der Waals surface area (Å²) in [5.41, 5.74) is 2.79. The summed E-state index contributed by atoms with van der Waals surface area (Å²) in [6.07, 6.45) is 2.46. The number of amides is 1. The Morgan fingerprint density at radius 1 is 1.13 bits per heavy atom. The lowest BCUT2D eigenvalue weighted by Crippen LogP contribution is -2.41. The van der Waals surface area contributed by atoms with Crippen molar-refractivity contribution in [1.29, 1.82) is 0 Å². The number of anilines is 1. The molecule has 1 amide bonds. The topological polar surface area (TPSA) is 70.6 Å². The first-order chi connectivity index (χ1) is 15.2. The number of nitrogens with one attached hydrogen (secondary N) is 1. The maximum Gasteiger partial charge on any atom is 0.251 e. The van der Waals surface area contributed by atoms with E-state index in [1.54, 1.807) is 11.8 Å². The molecule has 31 heavy (non-hydrogen) atoms. The van der Waals surface area contributed by atoms with Crippen molar-refractivity contribution >= 4 is 23.5 Å². The molecule has 166 valence electrons. The molecule has 2 aromatic rings. The van der Waals surface area contributed by atoms with Gasteiger partial charge in [-0.2, -0.15) is 0 Å².